The summed E-state index contributed by atoms with van der Waals surface area (Å²) in [4.78, 5) is 25.3. The third-order valence-electron chi connectivity index (χ3n) is 4.86. The Bertz CT molecular complexity index is 1130. The molecule has 0 unspecified atom stereocenters. The van der Waals surface area contributed by atoms with Crippen molar-refractivity contribution in [3.8, 4) is 11.4 Å². The molecule has 1 aliphatic heterocycles. The summed E-state index contributed by atoms with van der Waals surface area (Å²) in [6.45, 7) is 4.87. The van der Waals surface area contributed by atoms with Crippen LogP contribution in [0.5, 0.6) is 0 Å². The van der Waals surface area contributed by atoms with E-state index in [2.05, 4.69) is 16.8 Å². The Labute approximate surface area is 177 Å². The second-order valence-corrected chi connectivity index (χ2v) is 7.67. The molecule has 4 rings (SSSR count). The van der Waals surface area contributed by atoms with E-state index in [9.17, 15) is 14.9 Å². The number of amides is 1. The molecular formula is C21H19N5O3S. The number of nitrogens with zero attached hydrogens (tertiary/aromatic N) is 5. The lowest BCUT2D eigenvalue weighted by atomic mass is 10.2. The van der Waals surface area contributed by atoms with Gasteiger partial charge in [-0.05, 0) is 18.1 Å². The minimum Gasteiger partial charge on any atom is -0.311 e. The zero-order valence-electron chi connectivity index (χ0n) is 16.1. The van der Waals surface area contributed by atoms with Crippen LogP contribution in [0.1, 0.15) is 5.56 Å². The number of nitro benzene ring substituents is 1. The Kier molecular flexibility index (Phi) is 5.62. The number of anilines is 1. The Balaban J connectivity index is 1.54. The van der Waals surface area contributed by atoms with E-state index in [0.717, 1.165) is 12.1 Å². The summed E-state index contributed by atoms with van der Waals surface area (Å²) in [6.07, 6.45) is 2.56. The predicted molar refractivity (Wildman–Crippen MR) is 116 cm³/mol. The highest BCUT2D eigenvalue weighted by Crippen LogP contribution is 2.30. The molecule has 9 heteroatoms. The van der Waals surface area contributed by atoms with Crippen molar-refractivity contribution in [1.29, 1.82) is 0 Å². The third-order valence-corrected chi connectivity index (χ3v) is 5.81. The summed E-state index contributed by atoms with van der Waals surface area (Å²) in [5, 5.41) is 20.1. The van der Waals surface area contributed by atoms with Crippen molar-refractivity contribution in [3.63, 3.8) is 0 Å². The molecule has 0 spiro atoms. The van der Waals surface area contributed by atoms with Crippen LogP contribution in [-0.2, 0) is 17.8 Å². The molecule has 3 aromatic rings. The van der Waals surface area contributed by atoms with Gasteiger partial charge in [0, 0.05) is 36.5 Å². The first-order valence-electron chi connectivity index (χ1n) is 9.38. The van der Waals surface area contributed by atoms with Crippen LogP contribution in [-0.4, -0.2) is 37.9 Å². The van der Waals surface area contributed by atoms with Gasteiger partial charge in [-0.3, -0.25) is 19.5 Å². The zero-order valence-corrected chi connectivity index (χ0v) is 16.9. The fraction of sp³-hybridized carbons (Fsp3) is 0.190. The molecule has 1 aromatic heterocycles. The Hall–Kier alpha value is -3.46. The molecule has 0 fully saturated rings. The van der Waals surface area contributed by atoms with Crippen LogP contribution >= 0.6 is 11.8 Å². The molecule has 0 N–H and O–H groups in total. The molecule has 0 saturated heterocycles. The van der Waals surface area contributed by atoms with E-state index in [0.29, 0.717) is 29.6 Å². The van der Waals surface area contributed by atoms with Crippen molar-refractivity contribution in [2.75, 3.05) is 17.2 Å². The van der Waals surface area contributed by atoms with Gasteiger partial charge in [0.15, 0.2) is 11.0 Å². The van der Waals surface area contributed by atoms with Gasteiger partial charge < -0.3 is 4.90 Å². The molecule has 0 saturated carbocycles. The molecule has 30 heavy (non-hydrogen) atoms. The van der Waals surface area contributed by atoms with Crippen molar-refractivity contribution >= 4 is 29.0 Å². The number of carbonyl (C=O) groups is 1. The number of benzene rings is 2. The summed E-state index contributed by atoms with van der Waals surface area (Å²) in [5.41, 5.74) is 2.72. The number of fused-ring (bicyclic) bond motifs is 1. The normalized spacial score (nSPS) is 12.6. The lowest BCUT2D eigenvalue weighted by Crippen LogP contribution is -2.30. The van der Waals surface area contributed by atoms with Gasteiger partial charge in [-0.1, -0.05) is 48.2 Å². The van der Waals surface area contributed by atoms with Gasteiger partial charge in [0.2, 0.25) is 5.91 Å². The number of para-hydroxylation sites is 1. The number of thioether (sulfide) groups is 1. The van der Waals surface area contributed by atoms with Gasteiger partial charge in [-0.2, -0.15) is 0 Å². The Morgan fingerprint density at radius 1 is 1.23 bits per heavy atom. The third kappa shape index (κ3) is 3.84. The maximum Gasteiger partial charge on any atom is 0.270 e. The van der Waals surface area contributed by atoms with Crippen LogP contribution in [0.4, 0.5) is 11.4 Å². The van der Waals surface area contributed by atoms with E-state index in [1.807, 2.05) is 28.8 Å². The van der Waals surface area contributed by atoms with Crippen molar-refractivity contribution in [2.45, 2.75) is 18.1 Å². The van der Waals surface area contributed by atoms with Crippen LogP contribution in [0, 0.1) is 10.1 Å². The zero-order chi connectivity index (χ0) is 21.1. The molecular weight excluding hydrogens is 402 g/mol. The molecule has 152 valence electrons. The van der Waals surface area contributed by atoms with Crippen LogP contribution < -0.4 is 4.90 Å². The van der Waals surface area contributed by atoms with Crippen LogP contribution in [0.25, 0.3) is 11.4 Å². The quantitative estimate of drug-likeness (QED) is 0.250. The Morgan fingerprint density at radius 3 is 2.87 bits per heavy atom. The maximum absolute atomic E-state index is 12.8. The first kappa shape index (κ1) is 19.8. The second kappa shape index (κ2) is 8.50. The van der Waals surface area contributed by atoms with Crippen LogP contribution in [0.3, 0.4) is 0 Å². The second-order valence-electron chi connectivity index (χ2n) is 6.73. The van der Waals surface area contributed by atoms with Gasteiger partial charge in [-0.25, -0.2) is 0 Å². The van der Waals surface area contributed by atoms with Gasteiger partial charge in [0.05, 0.1) is 10.7 Å². The van der Waals surface area contributed by atoms with E-state index >= 15 is 0 Å². The van der Waals surface area contributed by atoms with Crippen molar-refractivity contribution in [3.05, 3.63) is 76.9 Å². The number of allylic oxidation sites excluding steroid dienone is 1. The first-order valence-corrected chi connectivity index (χ1v) is 10.4. The summed E-state index contributed by atoms with van der Waals surface area (Å²) in [5.74, 6) is 0.730. The predicted octanol–water partition coefficient (Wildman–Crippen LogP) is 3.72. The number of nitro groups is 1. The SMILES string of the molecule is C=CCn1c(SCC(=O)N2CCc3ccccc32)nnc1-c1cccc([N+](=O)[O-])c1. The average Bonchev–Trinajstić information content (AvgIpc) is 3.37. The van der Waals surface area contributed by atoms with Crippen molar-refractivity contribution in [1.82, 2.24) is 14.8 Å². The van der Waals surface area contributed by atoms with Crippen molar-refractivity contribution in [2.24, 2.45) is 0 Å². The highest BCUT2D eigenvalue weighted by Gasteiger charge is 2.25. The molecule has 0 atom stereocenters. The summed E-state index contributed by atoms with van der Waals surface area (Å²) in [7, 11) is 0. The molecule has 1 amide bonds. The molecule has 2 heterocycles. The first-order chi connectivity index (χ1) is 14.6. The van der Waals surface area contributed by atoms with E-state index in [-0.39, 0.29) is 17.3 Å². The van der Waals surface area contributed by atoms with Gasteiger partial charge in [0.25, 0.3) is 5.69 Å². The summed E-state index contributed by atoms with van der Waals surface area (Å²) < 4.78 is 1.81. The largest absolute Gasteiger partial charge is 0.311 e. The van der Waals surface area contributed by atoms with E-state index in [4.69, 9.17) is 0 Å². The number of aromatic nitrogens is 3. The summed E-state index contributed by atoms with van der Waals surface area (Å²) in [6, 6.07) is 14.2. The van der Waals surface area contributed by atoms with Crippen LogP contribution in [0.2, 0.25) is 0 Å². The topological polar surface area (TPSA) is 94.2 Å². The maximum atomic E-state index is 12.8. The number of hydrogen-bond donors (Lipinski definition) is 0. The lowest BCUT2D eigenvalue weighted by Gasteiger charge is -2.17. The average molecular weight is 421 g/mol. The molecule has 1 aliphatic rings. The smallest absolute Gasteiger partial charge is 0.270 e. The highest BCUT2D eigenvalue weighted by molar-refractivity contribution is 7.99. The van der Waals surface area contributed by atoms with Crippen LogP contribution in [0.15, 0.2) is 66.3 Å². The molecule has 0 radical (unpaired) electrons. The number of non-ortho nitro benzene ring substituents is 1. The molecule has 2 aromatic carbocycles. The Morgan fingerprint density at radius 2 is 2.07 bits per heavy atom. The highest BCUT2D eigenvalue weighted by atomic mass is 32.2. The van der Waals surface area contributed by atoms with Gasteiger partial charge in [-0.15, -0.1) is 16.8 Å². The molecule has 0 aliphatic carbocycles. The monoisotopic (exact) mass is 421 g/mol. The van der Waals surface area contributed by atoms with Gasteiger partial charge >= 0.3 is 0 Å². The number of rotatable bonds is 7. The summed E-state index contributed by atoms with van der Waals surface area (Å²) >= 11 is 1.30. The minimum absolute atomic E-state index is 0.00926. The lowest BCUT2D eigenvalue weighted by molar-refractivity contribution is -0.384. The molecule has 8 nitrogen and oxygen atoms in total. The fourth-order valence-corrected chi connectivity index (χ4v) is 4.29. The minimum atomic E-state index is -0.445. The van der Waals surface area contributed by atoms with Crippen molar-refractivity contribution < 1.29 is 9.72 Å². The standard InChI is InChI=1S/C21H19N5O3S/c1-2-11-25-20(16-7-5-8-17(13-16)26(28)29)22-23-21(25)30-14-19(27)24-12-10-15-6-3-4-9-18(15)24/h2-9,13H,1,10-12,14H2. The van der Waals surface area contributed by atoms with Gasteiger partial charge in [0.1, 0.15) is 0 Å². The van der Waals surface area contributed by atoms with E-state index in [1.165, 1.54) is 29.5 Å². The number of hydrogen-bond acceptors (Lipinski definition) is 6. The van der Waals surface area contributed by atoms with E-state index < -0.39 is 4.92 Å². The molecule has 0 bridgehead atoms. The fourth-order valence-electron chi connectivity index (χ4n) is 3.46. The number of carbonyl (C=O) groups excluding carboxylic acids is 1. The van der Waals surface area contributed by atoms with E-state index in [1.54, 1.807) is 23.1 Å².